The van der Waals surface area contributed by atoms with Gasteiger partial charge in [0, 0.05) is 0 Å². The van der Waals surface area contributed by atoms with Gasteiger partial charge >= 0.3 is 0 Å². The van der Waals surface area contributed by atoms with Crippen LogP contribution in [0.4, 0.5) is 0 Å². The quantitative estimate of drug-likeness (QED) is 0.538. The van der Waals surface area contributed by atoms with Crippen LogP contribution in [0.2, 0.25) is 0 Å². The molecule has 0 nitrogen and oxygen atoms in total. The van der Waals surface area contributed by atoms with Gasteiger partial charge in [-0.2, -0.15) is 11.8 Å². The molecule has 0 rings (SSSR count). The second-order valence-electron chi connectivity index (χ2n) is 4.93. The molecule has 0 bridgehead atoms. The van der Waals surface area contributed by atoms with Crippen LogP contribution >= 0.6 is 0 Å². The highest BCUT2D eigenvalue weighted by Crippen LogP contribution is 2.32. The lowest BCUT2D eigenvalue weighted by Gasteiger charge is -2.40. The van der Waals surface area contributed by atoms with Crippen LogP contribution in [0.5, 0.6) is 0 Å². The summed E-state index contributed by atoms with van der Waals surface area (Å²) in [5.41, 5.74) is 0.406. The lowest BCUT2D eigenvalue weighted by atomic mass is 9.76. The lowest BCUT2D eigenvalue weighted by Crippen LogP contribution is -2.20. The van der Waals surface area contributed by atoms with E-state index in [2.05, 4.69) is 48.0 Å². The highest BCUT2D eigenvalue weighted by atomic mass is 14.3. The molecule has 0 aromatic rings. The summed E-state index contributed by atoms with van der Waals surface area (Å²) in [4.78, 5) is 0. The van der Waals surface area contributed by atoms with Crippen molar-refractivity contribution in [2.45, 2.75) is 54.4 Å². The minimum absolute atomic E-state index is 0.406. The minimum Gasteiger partial charge on any atom is -0.322 e. The molecule has 0 heterocycles. The fraction of sp³-hybridized carbons (Fsp3) is 0.917. The SMILES string of the molecule is CCC(C)C[CH-]C(C)(C)C(C)C. The van der Waals surface area contributed by atoms with Gasteiger partial charge in [-0.15, -0.1) is 0 Å². The van der Waals surface area contributed by atoms with Gasteiger partial charge in [-0.1, -0.05) is 59.8 Å². The summed E-state index contributed by atoms with van der Waals surface area (Å²) in [7, 11) is 0. The molecule has 0 aliphatic rings. The maximum absolute atomic E-state index is 2.49. The molecular weight excluding hydrogens is 144 g/mol. The molecule has 0 N–H and O–H groups in total. The molecule has 74 valence electrons. The summed E-state index contributed by atoms with van der Waals surface area (Å²) < 4.78 is 0. The molecule has 0 saturated carbocycles. The summed E-state index contributed by atoms with van der Waals surface area (Å²) in [5.74, 6) is 1.60. The van der Waals surface area contributed by atoms with Crippen LogP contribution in [0, 0.1) is 23.7 Å². The number of hydrogen-bond donors (Lipinski definition) is 0. The van der Waals surface area contributed by atoms with Gasteiger partial charge in [0.15, 0.2) is 0 Å². The zero-order chi connectivity index (χ0) is 9.78. The van der Waals surface area contributed by atoms with Crippen molar-refractivity contribution in [1.29, 1.82) is 0 Å². The predicted octanol–water partition coefficient (Wildman–Crippen LogP) is 4.31. The van der Waals surface area contributed by atoms with Crippen molar-refractivity contribution in [3.05, 3.63) is 6.42 Å². The van der Waals surface area contributed by atoms with Gasteiger partial charge in [0.05, 0.1) is 0 Å². The second-order valence-corrected chi connectivity index (χ2v) is 4.93. The van der Waals surface area contributed by atoms with Crippen molar-refractivity contribution in [1.82, 2.24) is 0 Å². The zero-order valence-electron chi connectivity index (χ0n) is 9.65. The van der Waals surface area contributed by atoms with Crippen molar-refractivity contribution in [2.24, 2.45) is 17.3 Å². The van der Waals surface area contributed by atoms with Gasteiger partial charge in [0.25, 0.3) is 0 Å². The molecule has 12 heavy (non-hydrogen) atoms. The van der Waals surface area contributed by atoms with Crippen LogP contribution in [-0.2, 0) is 0 Å². The fourth-order valence-corrected chi connectivity index (χ4v) is 0.907. The maximum Gasteiger partial charge on any atom is -0.0560 e. The van der Waals surface area contributed by atoms with Crippen molar-refractivity contribution in [3.63, 3.8) is 0 Å². The largest absolute Gasteiger partial charge is 0.322 e. The first-order valence-corrected chi connectivity index (χ1v) is 5.24. The van der Waals surface area contributed by atoms with Gasteiger partial charge in [-0.3, -0.25) is 0 Å². The molecule has 0 aliphatic heterocycles. The molecule has 0 aromatic carbocycles. The Hall–Kier alpha value is 0. The Morgan fingerprint density at radius 3 is 2.00 bits per heavy atom. The maximum atomic E-state index is 2.49. The Labute approximate surface area is 78.8 Å². The third-order valence-corrected chi connectivity index (χ3v) is 3.23. The first-order valence-electron chi connectivity index (χ1n) is 5.24. The topological polar surface area (TPSA) is 0 Å². The smallest absolute Gasteiger partial charge is 0.0560 e. The highest BCUT2D eigenvalue weighted by Gasteiger charge is 2.12. The van der Waals surface area contributed by atoms with E-state index in [9.17, 15) is 0 Å². The van der Waals surface area contributed by atoms with Crippen molar-refractivity contribution >= 4 is 0 Å². The Bertz CT molecular complexity index is 111. The van der Waals surface area contributed by atoms with Crippen molar-refractivity contribution < 1.29 is 0 Å². The summed E-state index contributed by atoms with van der Waals surface area (Å²) in [6.07, 6.45) is 5.05. The van der Waals surface area contributed by atoms with Gasteiger partial charge in [0.1, 0.15) is 0 Å². The second kappa shape index (κ2) is 4.89. The summed E-state index contributed by atoms with van der Waals surface area (Å²) in [6, 6.07) is 0. The Kier molecular flexibility index (Phi) is 4.89. The van der Waals surface area contributed by atoms with Crippen LogP contribution in [0.15, 0.2) is 0 Å². The Morgan fingerprint density at radius 2 is 1.67 bits per heavy atom. The standard InChI is InChI=1S/C12H25/c1-7-11(4)8-9-12(5,6)10(2)3/h9-11H,7-8H2,1-6H3/q-1. The van der Waals surface area contributed by atoms with E-state index >= 15 is 0 Å². The average Bonchev–Trinajstić information content (AvgIpc) is 2.00. The van der Waals surface area contributed by atoms with Crippen molar-refractivity contribution in [3.8, 4) is 0 Å². The number of rotatable bonds is 5. The predicted molar refractivity (Wildman–Crippen MR) is 57.0 cm³/mol. The van der Waals surface area contributed by atoms with Gasteiger partial charge in [-0.25, -0.2) is 0 Å². The van der Waals surface area contributed by atoms with E-state index < -0.39 is 0 Å². The van der Waals surface area contributed by atoms with E-state index in [-0.39, 0.29) is 0 Å². The summed E-state index contributed by atoms with van der Waals surface area (Å²) in [5, 5.41) is 0. The van der Waals surface area contributed by atoms with Crippen LogP contribution in [0.25, 0.3) is 0 Å². The molecule has 1 atom stereocenters. The van der Waals surface area contributed by atoms with Crippen LogP contribution in [0.1, 0.15) is 54.4 Å². The highest BCUT2D eigenvalue weighted by molar-refractivity contribution is 4.87. The molecule has 0 radical (unpaired) electrons. The van der Waals surface area contributed by atoms with Crippen LogP contribution < -0.4 is 0 Å². The summed E-state index contributed by atoms with van der Waals surface area (Å²) in [6.45, 7) is 13.9. The van der Waals surface area contributed by atoms with E-state index in [1.54, 1.807) is 0 Å². The van der Waals surface area contributed by atoms with E-state index in [1.807, 2.05) is 0 Å². The zero-order valence-corrected chi connectivity index (χ0v) is 9.65. The molecule has 0 spiro atoms. The lowest BCUT2D eigenvalue weighted by molar-refractivity contribution is 0.283. The molecule has 0 saturated heterocycles. The third kappa shape index (κ3) is 4.13. The van der Waals surface area contributed by atoms with Crippen molar-refractivity contribution in [2.75, 3.05) is 0 Å². The Balaban J connectivity index is 3.75. The Morgan fingerprint density at radius 1 is 1.17 bits per heavy atom. The van der Waals surface area contributed by atoms with E-state index in [1.165, 1.54) is 12.8 Å². The van der Waals surface area contributed by atoms with Gasteiger partial charge in [-0.05, 0) is 0 Å². The third-order valence-electron chi connectivity index (χ3n) is 3.23. The minimum atomic E-state index is 0.406. The monoisotopic (exact) mass is 169 g/mol. The summed E-state index contributed by atoms with van der Waals surface area (Å²) >= 11 is 0. The molecule has 0 heteroatoms. The first kappa shape index (κ1) is 12.0. The van der Waals surface area contributed by atoms with E-state index in [0.717, 1.165) is 11.8 Å². The normalized spacial score (nSPS) is 15.2. The molecule has 0 aliphatic carbocycles. The molecule has 1 unspecified atom stereocenters. The number of hydrogen-bond acceptors (Lipinski definition) is 0. The average molecular weight is 169 g/mol. The molecule has 0 amide bonds. The van der Waals surface area contributed by atoms with E-state index in [4.69, 9.17) is 0 Å². The fourth-order valence-electron chi connectivity index (χ4n) is 0.907. The van der Waals surface area contributed by atoms with E-state index in [0.29, 0.717) is 5.41 Å². The van der Waals surface area contributed by atoms with Crippen LogP contribution in [0.3, 0.4) is 0 Å². The molecular formula is C12H25-. The van der Waals surface area contributed by atoms with Gasteiger partial charge in [0.2, 0.25) is 0 Å². The molecule has 0 aromatic heterocycles. The van der Waals surface area contributed by atoms with Gasteiger partial charge < -0.3 is 6.42 Å². The first-order chi connectivity index (χ1) is 5.40. The van der Waals surface area contributed by atoms with Crippen LogP contribution in [-0.4, -0.2) is 0 Å². The molecule has 0 fully saturated rings.